The first-order chi connectivity index (χ1) is 16.7. The fraction of sp³-hybridized carbons (Fsp3) is 0.269. The largest absolute Gasteiger partial charge is 0.497 e. The normalized spacial score (nSPS) is 9.82. The van der Waals surface area contributed by atoms with Crippen LogP contribution in [0.25, 0.3) is 16.9 Å². The molecule has 1 amide bonds. The standard InChI is InChI=1S/C22H22N6O2.2C2H6/c1-30-18-5-2-4-16(14-18)19-6-3-7-20-26-22(27-28(19)20)25-17-10-8-15(9-11-17)21(29)24-13-12-23;2*1-2/h2-11,14H,12-13,23H2,1H3,(H,24,29)(H,25,27);2*1-2H3. The zero-order valence-corrected chi connectivity index (χ0v) is 20.5. The van der Waals surface area contributed by atoms with Crippen LogP contribution < -0.4 is 21.1 Å². The summed E-state index contributed by atoms with van der Waals surface area (Å²) >= 11 is 0. The minimum atomic E-state index is -0.152. The summed E-state index contributed by atoms with van der Waals surface area (Å²) in [7, 11) is 1.64. The first-order valence-corrected chi connectivity index (χ1v) is 11.5. The molecule has 0 spiro atoms. The maximum Gasteiger partial charge on any atom is 0.251 e. The number of nitrogens with two attached hydrogens (primary N) is 1. The highest BCUT2D eigenvalue weighted by Crippen LogP contribution is 2.25. The molecule has 4 rings (SSSR count). The number of pyridine rings is 1. The number of ether oxygens (including phenoxy) is 1. The predicted molar refractivity (Wildman–Crippen MR) is 139 cm³/mol. The van der Waals surface area contributed by atoms with Gasteiger partial charge in [0.2, 0.25) is 5.95 Å². The van der Waals surface area contributed by atoms with Crippen LogP contribution in [0.15, 0.2) is 66.7 Å². The molecule has 0 radical (unpaired) electrons. The Balaban J connectivity index is 0.000000970. The highest BCUT2D eigenvalue weighted by atomic mass is 16.5. The van der Waals surface area contributed by atoms with Gasteiger partial charge in [0.05, 0.1) is 12.8 Å². The minimum absolute atomic E-state index is 0.152. The van der Waals surface area contributed by atoms with Crippen molar-refractivity contribution in [2.45, 2.75) is 27.7 Å². The molecule has 8 heteroatoms. The molecule has 2 aromatic carbocycles. The Kier molecular flexibility index (Phi) is 10.5. The Hall–Kier alpha value is -3.91. The molecule has 4 aromatic rings. The van der Waals surface area contributed by atoms with Crippen molar-refractivity contribution in [2.75, 3.05) is 25.5 Å². The maximum absolute atomic E-state index is 12.0. The van der Waals surface area contributed by atoms with Gasteiger partial charge in [-0.05, 0) is 48.5 Å². The van der Waals surface area contributed by atoms with Gasteiger partial charge in [-0.1, -0.05) is 45.9 Å². The van der Waals surface area contributed by atoms with Crippen molar-refractivity contribution in [3.8, 4) is 17.0 Å². The molecule has 0 fully saturated rings. The number of carbonyl (C=O) groups is 1. The summed E-state index contributed by atoms with van der Waals surface area (Å²) in [5.74, 6) is 1.09. The lowest BCUT2D eigenvalue weighted by Crippen LogP contribution is -2.28. The van der Waals surface area contributed by atoms with E-state index in [1.54, 1.807) is 23.8 Å². The fourth-order valence-electron chi connectivity index (χ4n) is 3.08. The Morgan fingerprint density at radius 3 is 2.38 bits per heavy atom. The van der Waals surface area contributed by atoms with E-state index in [0.29, 0.717) is 24.6 Å². The van der Waals surface area contributed by atoms with Crippen LogP contribution in [0.3, 0.4) is 0 Å². The van der Waals surface area contributed by atoms with E-state index in [-0.39, 0.29) is 5.91 Å². The third-order valence-corrected chi connectivity index (χ3v) is 4.56. The van der Waals surface area contributed by atoms with Gasteiger partial charge in [0, 0.05) is 29.9 Å². The van der Waals surface area contributed by atoms with Crippen LogP contribution in [0.2, 0.25) is 0 Å². The molecule has 4 N–H and O–H groups in total. The van der Waals surface area contributed by atoms with Crippen molar-refractivity contribution >= 4 is 23.2 Å². The van der Waals surface area contributed by atoms with Crippen LogP contribution in [0.4, 0.5) is 11.6 Å². The van der Waals surface area contributed by atoms with E-state index in [0.717, 1.165) is 28.3 Å². The second-order valence-corrected chi connectivity index (χ2v) is 6.60. The Labute approximate surface area is 201 Å². The van der Waals surface area contributed by atoms with Crippen LogP contribution in [0, 0.1) is 0 Å². The quantitative estimate of drug-likeness (QED) is 0.361. The van der Waals surface area contributed by atoms with Crippen LogP contribution in [0.5, 0.6) is 5.75 Å². The molecule has 0 unspecified atom stereocenters. The van der Waals surface area contributed by atoms with Crippen molar-refractivity contribution in [3.63, 3.8) is 0 Å². The molecule has 0 aliphatic heterocycles. The van der Waals surface area contributed by atoms with Gasteiger partial charge in [0.25, 0.3) is 5.91 Å². The number of anilines is 2. The zero-order valence-electron chi connectivity index (χ0n) is 20.5. The fourth-order valence-corrected chi connectivity index (χ4v) is 3.08. The number of hydrogen-bond acceptors (Lipinski definition) is 6. The third kappa shape index (κ3) is 6.55. The first kappa shape index (κ1) is 26.3. The minimum Gasteiger partial charge on any atom is -0.497 e. The zero-order chi connectivity index (χ0) is 24.9. The van der Waals surface area contributed by atoms with Gasteiger partial charge < -0.3 is 21.1 Å². The van der Waals surface area contributed by atoms with E-state index in [2.05, 4.69) is 20.7 Å². The van der Waals surface area contributed by atoms with Gasteiger partial charge in [-0.15, -0.1) is 5.10 Å². The highest BCUT2D eigenvalue weighted by molar-refractivity contribution is 5.94. The van der Waals surface area contributed by atoms with E-state index in [9.17, 15) is 4.79 Å². The van der Waals surface area contributed by atoms with Crippen molar-refractivity contribution in [1.29, 1.82) is 0 Å². The number of amides is 1. The van der Waals surface area contributed by atoms with Gasteiger partial charge in [-0.25, -0.2) is 4.52 Å². The van der Waals surface area contributed by atoms with Crippen molar-refractivity contribution < 1.29 is 9.53 Å². The van der Waals surface area contributed by atoms with E-state index in [4.69, 9.17) is 10.5 Å². The lowest BCUT2D eigenvalue weighted by atomic mass is 10.1. The predicted octanol–water partition coefficient (Wildman–Crippen LogP) is 4.89. The summed E-state index contributed by atoms with van der Waals surface area (Å²) in [6, 6.07) is 20.7. The molecule has 0 saturated carbocycles. The van der Waals surface area contributed by atoms with E-state index >= 15 is 0 Å². The van der Waals surface area contributed by atoms with Crippen LogP contribution in [0.1, 0.15) is 38.1 Å². The highest BCUT2D eigenvalue weighted by Gasteiger charge is 2.10. The third-order valence-electron chi connectivity index (χ3n) is 4.56. The molecule has 2 aromatic heterocycles. The Bertz CT molecular complexity index is 1170. The van der Waals surface area contributed by atoms with E-state index in [1.807, 2.05) is 82.3 Å². The summed E-state index contributed by atoms with van der Waals surface area (Å²) in [5, 5.41) is 10.5. The molecule has 0 aliphatic carbocycles. The molecule has 34 heavy (non-hydrogen) atoms. The van der Waals surface area contributed by atoms with Crippen molar-refractivity contribution in [2.24, 2.45) is 5.73 Å². The summed E-state index contributed by atoms with van der Waals surface area (Å²) in [4.78, 5) is 16.5. The molecule has 0 atom stereocenters. The number of fused-ring (bicyclic) bond motifs is 1. The maximum atomic E-state index is 12.0. The first-order valence-electron chi connectivity index (χ1n) is 11.5. The van der Waals surface area contributed by atoms with Gasteiger partial charge >= 0.3 is 0 Å². The second-order valence-electron chi connectivity index (χ2n) is 6.60. The summed E-state index contributed by atoms with van der Waals surface area (Å²) in [5.41, 5.74) is 9.36. The Morgan fingerprint density at radius 1 is 1.00 bits per heavy atom. The number of carbonyl (C=O) groups excluding carboxylic acids is 1. The summed E-state index contributed by atoms with van der Waals surface area (Å²) in [6.07, 6.45) is 0. The molecule has 0 saturated heterocycles. The van der Waals surface area contributed by atoms with Crippen LogP contribution >= 0.6 is 0 Å². The lowest BCUT2D eigenvalue weighted by Gasteiger charge is -2.06. The van der Waals surface area contributed by atoms with Gasteiger partial charge in [-0.2, -0.15) is 4.98 Å². The van der Waals surface area contributed by atoms with Crippen LogP contribution in [-0.4, -0.2) is 40.7 Å². The van der Waals surface area contributed by atoms with E-state index in [1.165, 1.54) is 0 Å². The van der Waals surface area contributed by atoms with Gasteiger partial charge in [0.1, 0.15) is 5.75 Å². The number of methoxy groups -OCH3 is 1. The average molecular weight is 463 g/mol. The van der Waals surface area contributed by atoms with Gasteiger partial charge in [-0.3, -0.25) is 4.79 Å². The summed E-state index contributed by atoms with van der Waals surface area (Å²) < 4.78 is 7.11. The number of benzene rings is 2. The lowest BCUT2D eigenvalue weighted by molar-refractivity contribution is 0.0955. The topological polar surface area (TPSA) is 107 Å². The number of nitrogens with zero attached hydrogens (tertiary/aromatic N) is 3. The second kappa shape index (κ2) is 13.6. The molecule has 0 aliphatic rings. The SMILES string of the molecule is CC.CC.COc1cccc(-c2cccc3nc(Nc4ccc(C(=O)NCCN)cc4)nn23)c1. The number of rotatable bonds is 7. The molecule has 8 nitrogen and oxygen atoms in total. The molecule has 180 valence electrons. The van der Waals surface area contributed by atoms with Crippen LogP contribution in [-0.2, 0) is 0 Å². The Morgan fingerprint density at radius 2 is 1.71 bits per heavy atom. The number of hydrogen-bond donors (Lipinski definition) is 3. The molecular formula is C26H34N6O2. The van der Waals surface area contributed by atoms with E-state index < -0.39 is 0 Å². The van der Waals surface area contributed by atoms with Crippen molar-refractivity contribution in [3.05, 3.63) is 72.3 Å². The van der Waals surface area contributed by atoms with Crippen molar-refractivity contribution in [1.82, 2.24) is 19.9 Å². The smallest absolute Gasteiger partial charge is 0.251 e. The molecular weight excluding hydrogens is 428 g/mol. The number of nitrogens with one attached hydrogen (secondary N) is 2. The molecule has 0 bridgehead atoms. The molecule has 2 heterocycles. The van der Waals surface area contributed by atoms with Gasteiger partial charge in [0.15, 0.2) is 5.65 Å². The average Bonchev–Trinajstić information content (AvgIpc) is 3.32. The summed E-state index contributed by atoms with van der Waals surface area (Å²) in [6.45, 7) is 8.85. The monoisotopic (exact) mass is 462 g/mol. The number of aromatic nitrogens is 3.